The molecule has 1 heterocycles. The molecule has 1 N–H and O–H groups in total. The summed E-state index contributed by atoms with van der Waals surface area (Å²) in [4.78, 5) is 18.4. The Labute approximate surface area is 140 Å². The van der Waals surface area contributed by atoms with Gasteiger partial charge < -0.3 is 5.32 Å². The Morgan fingerprint density at radius 1 is 1.09 bits per heavy atom. The van der Waals surface area contributed by atoms with Crippen molar-refractivity contribution in [3.8, 4) is 0 Å². The lowest BCUT2D eigenvalue weighted by molar-refractivity contribution is 0.102. The van der Waals surface area contributed by atoms with Crippen molar-refractivity contribution < 1.29 is 4.79 Å². The van der Waals surface area contributed by atoms with E-state index in [1.807, 2.05) is 68.6 Å². The first-order chi connectivity index (χ1) is 11.1. The third-order valence-corrected chi connectivity index (χ3v) is 4.39. The number of nitrogens with one attached hydrogen (secondary N) is 1. The molecular weight excluding hydrogens is 304 g/mol. The Hall–Kier alpha value is -2.33. The molecule has 3 aromatic rings. The second-order valence-electron chi connectivity index (χ2n) is 5.52. The van der Waals surface area contributed by atoms with E-state index in [1.54, 1.807) is 11.8 Å². The van der Waals surface area contributed by atoms with Crippen molar-refractivity contribution in [3.05, 3.63) is 65.4 Å². The molecule has 23 heavy (non-hydrogen) atoms. The van der Waals surface area contributed by atoms with Crippen LogP contribution < -0.4 is 5.32 Å². The van der Waals surface area contributed by atoms with Crippen LogP contribution in [0.1, 0.15) is 21.6 Å². The van der Waals surface area contributed by atoms with Gasteiger partial charge in [0, 0.05) is 21.7 Å². The van der Waals surface area contributed by atoms with Gasteiger partial charge in [-0.15, -0.1) is 11.8 Å². The highest BCUT2D eigenvalue weighted by Gasteiger charge is 2.12. The predicted molar refractivity (Wildman–Crippen MR) is 97.4 cm³/mol. The number of rotatable bonds is 3. The van der Waals surface area contributed by atoms with Crippen molar-refractivity contribution in [3.63, 3.8) is 0 Å². The number of carbonyl (C=O) groups excluding carboxylic acids is 1. The van der Waals surface area contributed by atoms with Crippen LogP contribution in [0.15, 0.2) is 53.4 Å². The Bertz CT molecular complexity index is 890. The van der Waals surface area contributed by atoms with Crippen LogP contribution in [0, 0.1) is 13.8 Å². The Kier molecular flexibility index (Phi) is 4.35. The molecule has 2 aromatic carbocycles. The highest BCUT2D eigenvalue weighted by molar-refractivity contribution is 7.98. The molecule has 0 unspecified atom stereocenters. The number of aromatic nitrogens is 1. The van der Waals surface area contributed by atoms with E-state index in [2.05, 4.69) is 10.3 Å². The van der Waals surface area contributed by atoms with Gasteiger partial charge in [-0.25, -0.2) is 0 Å². The molecule has 1 aromatic heterocycles. The maximum atomic E-state index is 12.7. The van der Waals surface area contributed by atoms with Crippen molar-refractivity contribution >= 4 is 34.3 Å². The van der Waals surface area contributed by atoms with E-state index in [0.717, 1.165) is 32.7 Å². The van der Waals surface area contributed by atoms with Gasteiger partial charge in [0.2, 0.25) is 0 Å². The third-order valence-electron chi connectivity index (χ3n) is 3.66. The number of nitrogens with zero attached hydrogens (tertiary/aromatic N) is 1. The molecule has 0 spiro atoms. The third kappa shape index (κ3) is 3.37. The maximum absolute atomic E-state index is 12.7. The van der Waals surface area contributed by atoms with Crippen molar-refractivity contribution in [1.29, 1.82) is 0 Å². The Balaban J connectivity index is 2.01. The number of aryl methyl sites for hydroxylation is 2. The summed E-state index contributed by atoms with van der Waals surface area (Å²) in [6.07, 6.45) is 2.02. The van der Waals surface area contributed by atoms with Crippen molar-refractivity contribution in [2.75, 3.05) is 11.6 Å². The number of hydrogen-bond acceptors (Lipinski definition) is 3. The van der Waals surface area contributed by atoms with Crippen LogP contribution >= 0.6 is 11.8 Å². The van der Waals surface area contributed by atoms with Crippen molar-refractivity contribution in [2.45, 2.75) is 18.7 Å². The van der Waals surface area contributed by atoms with Crippen LogP contribution in [-0.4, -0.2) is 17.1 Å². The normalized spacial score (nSPS) is 10.7. The average molecular weight is 322 g/mol. The molecule has 0 aliphatic heterocycles. The molecule has 0 atom stereocenters. The topological polar surface area (TPSA) is 42.0 Å². The van der Waals surface area contributed by atoms with Gasteiger partial charge in [-0.1, -0.05) is 17.7 Å². The molecule has 1 amide bonds. The minimum Gasteiger partial charge on any atom is -0.322 e. The van der Waals surface area contributed by atoms with Gasteiger partial charge in [-0.05, 0) is 56.5 Å². The molecule has 0 bridgehead atoms. The monoisotopic (exact) mass is 322 g/mol. The van der Waals surface area contributed by atoms with E-state index in [4.69, 9.17) is 0 Å². The lowest BCUT2D eigenvalue weighted by atomic mass is 10.0. The standard InChI is InChI=1S/C19H18N2OS/c1-12-7-8-18-16(9-12)17(10-13(2)20-18)19(22)21-14-5-4-6-15(11-14)23-3/h4-11H,1-3H3,(H,21,22). The fourth-order valence-electron chi connectivity index (χ4n) is 2.56. The molecule has 0 aliphatic carbocycles. The highest BCUT2D eigenvalue weighted by Crippen LogP contribution is 2.23. The molecule has 0 saturated heterocycles. The van der Waals surface area contributed by atoms with E-state index in [0.29, 0.717) is 5.56 Å². The second kappa shape index (κ2) is 6.42. The number of fused-ring (bicyclic) bond motifs is 1. The van der Waals surface area contributed by atoms with Gasteiger partial charge in [0.1, 0.15) is 0 Å². The highest BCUT2D eigenvalue weighted by atomic mass is 32.2. The summed E-state index contributed by atoms with van der Waals surface area (Å²) in [5.74, 6) is -0.107. The fourth-order valence-corrected chi connectivity index (χ4v) is 3.02. The number of carbonyl (C=O) groups is 1. The van der Waals surface area contributed by atoms with Gasteiger partial charge in [-0.2, -0.15) is 0 Å². The molecule has 116 valence electrons. The van der Waals surface area contributed by atoms with Gasteiger partial charge >= 0.3 is 0 Å². The number of anilines is 1. The minimum atomic E-state index is -0.107. The van der Waals surface area contributed by atoms with E-state index in [-0.39, 0.29) is 5.91 Å². The first-order valence-corrected chi connectivity index (χ1v) is 8.63. The Morgan fingerprint density at radius 3 is 2.70 bits per heavy atom. The van der Waals surface area contributed by atoms with Crippen LogP contribution in [-0.2, 0) is 0 Å². The smallest absolute Gasteiger partial charge is 0.256 e. The Morgan fingerprint density at radius 2 is 1.91 bits per heavy atom. The SMILES string of the molecule is CSc1cccc(NC(=O)c2cc(C)nc3ccc(C)cc23)c1. The number of pyridine rings is 1. The summed E-state index contributed by atoms with van der Waals surface area (Å²) in [5, 5.41) is 3.88. The summed E-state index contributed by atoms with van der Waals surface area (Å²) < 4.78 is 0. The number of amides is 1. The molecule has 0 aliphatic rings. The number of hydrogen-bond donors (Lipinski definition) is 1. The lowest BCUT2D eigenvalue weighted by Gasteiger charge is -2.10. The molecule has 3 rings (SSSR count). The van der Waals surface area contributed by atoms with Gasteiger partial charge in [0.05, 0.1) is 11.1 Å². The average Bonchev–Trinajstić information content (AvgIpc) is 2.54. The van der Waals surface area contributed by atoms with Crippen molar-refractivity contribution in [1.82, 2.24) is 4.98 Å². The number of benzene rings is 2. The summed E-state index contributed by atoms with van der Waals surface area (Å²) in [6, 6.07) is 15.7. The largest absolute Gasteiger partial charge is 0.322 e. The molecule has 0 fully saturated rings. The number of thioether (sulfide) groups is 1. The van der Waals surface area contributed by atoms with E-state index < -0.39 is 0 Å². The van der Waals surface area contributed by atoms with Gasteiger partial charge in [-0.3, -0.25) is 9.78 Å². The molecule has 3 nitrogen and oxygen atoms in total. The van der Waals surface area contributed by atoms with Crippen LogP contribution in [0.2, 0.25) is 0 Å². The maximum Gasteiger partial charge on any atom is 0.256 e. The zero-order chi connectivity index (χ0) is 16.4. The van der Waals surface area contributed by atoms with E-state index in [9.17, 15) is 4.79 Å². The summed E-state index contributed by atoms with van der Waals surface area (Å²) in [7, 11) is 0. The summed E-state index contributed by atoms with van der Waals surface area (Å²) >= 11 is 1.65. The fraction of sp³-hybridized carbons (Fsp3) is 0.158. The van der Waals surface area contributed by atoms with Crippen LogP contribution in [0.5, 0.6) is 0 Å². The van der Waals surface area contributed by atoms with Crippen LogP contribution in [0.4, 0.5) is 5.69 Å². The summed E-state index contributed by atoms with van der Waals surface area (Å²) in [5.41, 5.74) is 4.26. The molecule has 0 radical (unpaired) electrons. The van der Waals surface area contributed by atoms with E-state index >= 15 is 0 Å². The molecule has 0 saturated carbocycles. The second-order valence-corrected chi connectivity index (χ2v) is 6.40. The first kappa shape index (κ1) is 15.6. The van der Waals surface area contributed by atoms with Gasteiger partial charge in [0.25, 0.3) is 5.91 Å². The first-order valence-electron chi connectivity index (χ1n) is 7.40. The molecular formula is C19H18N2OS. The molecule has 4 heteroatoms. The zero-order valence-corrected chi connectivity index (χ0v) is 14.2. The summed E-state index contributed by atoms with van der Waals surface area (Å²) in [6.45, 7) is 3.92. The van der Waals surface area contributed by atoms with Crippen LogP contribution in [0.3, 0.4) is 0 Å². The zero-order valence-electron chi connectivity index (χ0n) is 13.4. The van der Waals surface area contributed by atoms with Crippen LogP contribution in [0.25, 0.3) is 10.9 Å². The van der Waals surface area contributed by atoms with Gasteiger partial charge in [0.15, 0.2) is 0 Å². The van der Waals surface area contributed by atoms with Crippen molar-refractivity contribution in [2.24, 2.45) is 0 Å². The quantitative estimate of drug-likeness (QED) is 0.703. The minimum absolute atomic E-state index is 0.107. The lowest BCUT2D eigenvalue weighted by Crippen LogP contribution is -2.13. The predicted octanol–water partition coefficient (Wildman–Crippen LogP) is 4.83. The van der Waals surface area contributed by atoms with E-state index in [1.165, 1.54) is 0 Å².